The fourth-order valence-corrected chi connectivity index (χ4v) is 3.73. The standard InChI is InChI=1S/C21H21N3O/c1-24(20-12-11-15-6-2-3-7-16(15)20)14-21(25)23-19-10-4-9-18-17(19)8-5-13-22-18/h2-10,13,20H,11-12,14H2,1H3,(H,23,25)/t20-/m0/s1. The maximum atomic E-state index is 12.6. The number of benzene rings is 2. The summed E-state index contributed by atoms with van der Waals surface area (Å²) in [4.78, 5) is 19.0. The largest absolute Gasteiger partial charge is 0.324 e. The number of hydrogen-bond acceptors (Lipinski definition) is 3. The van der Waals surface area contributed by atoms with E-state index >= 15 is 0 Å². The highest BCUT2D eigenvalue weighted by molar-refractivity contribution is 6.01. The highest BCUT2D eigenvalue weighted by Crippen LogP contribution is 2.34. The molecule has 4 rings (SSSR count). The molecule has 1 aliphatic rings. The van der Waals surface area contributed by atoms with Gasteiger partial charge >= 0.3 is 0 Å². The predicted octanol–water partition coefficient (Wildman–Crippen LogP) is 3.79. The van der Waals surface area contributed by atoms with E-state index in [2.05, 4.69) is 39.5 Å². The Hall–Kier alpha value is -2.72. The van der Waals surface area contributed by atoms with Crippen LogP contribution < -0.4 is 5.32 Å². The first kappa shape index (κ1) is 15.8. The van der Waals surface area contributed by atoms with Crippen molar-refractivity contribution in [2.45, 2.75) is 18.9 Å². The molecule has 1 amide bonds. The normalized spacial score (nSPS) is 16.2. The van der Waals surface area contributed by atoms with Gasteiger partial charge in [0.2, 0.25) is 5.91 Å². The molecule has 1 aliphatic carbocycles. The summed E-state index contributed by atoms with van der Waals surface area (Å²) in [5.41, 5.74) is 4.46. The molecule has 0 fully saturated rings. The lowest BCUT2D eigenvalue weighted by atomic mass is 10.1. The molecule has 1 atom stereocenters. The Bertz CT molecular complexity index is 916. The van der Waals surface area contributed by atoms with Crippen LogP contribution in [-0.2, 0) is 11.2 Å². The quantitative estimate of drug-likeness (QED) is 0.791. The van der Waals surface area contributed by atoms with Gasteiger partial charge in [-0.25, -0.2) is 0 Å². The zero-order valence-electron chi connectivity index (χ0n) is 14.3. The maximum absolute atomic E-state index is 12.6. The summed E-state index contributed by atoms with van der Waals surface area (Å²) in [5.74, 6) is 0.00299. The number of carbonyl (C=O) groups excluding carboxylic acids is 1. The third-order valence-electron chi connectivity index (χ3n) is 4.95. The van der Waals surface area contributed by atoms with E-state index in [-0.39, 0.29) is 5.91 Å². The molecule has 0 bridgehead atoms. The molecule has 1 heterocycles. The zero-order valence-corrected chi connectivity index (χ0v) is 14.3. The number of carbonyl (C=O) groups is 1. The summed E-state index contributed by atoms with van der Waals surface area (Å²) >= 11 is 0. The van der Waals surface area contributed by atoms with Crippen molar-refractivity contribution in [1.82, 2.24) is 9.88 Å². The average Bonchev–Trinajstić information content (AvgIpc) is 3.06. The molecule has 1 N–H and O–H groups in total. The van der Waals surface area contributed by atoms with E-state index < -0.39 is 0 Å². The number of likely N-dealkylation sites (N-methyl/N-ethyl adjacent to an activating group) is 1. The summed E-state index contributed by atoms with van der Waals surface area (Å²) in [5, 5.41) is 4.01. The first-order valence-electron chi connectivity index (χ1n) is 8.64. The molecule has 0 radical (unpaired) electrons. The molecule has 0 saturated heterocycles. The van der Waals surface area contributed by atoms with Crippen molar-refractivity contribution in [2.75, 3.05) is 18.9 Å². The van der Waals surface area contributed by atoms with E-state index in [9.17, 15) is 4.79 Å². The Morgan fingerprint density at radius 3 is 2.96 bits per heavy atom. The lowest BCUT2D eigenvalue weighted by Gasteiger charge is -2.24. The van der Waals surface area contributed by atoms with Crippen LogP contribution in [0.1, 0.15) is 23.6 Å². The minimum atomic E-state index is 0.00299. The fraction of sp³-hybridized carbons (Fsp3) is 0.238. The molecule has 0 unspecified atom stereocenters. The van der Waals surface area contributed by atoms with Gasteiger partial charge in [0.1, 0.15) is 0 Å². The Labute approximate surface area is 147 Å². The maximum Gasteiger partial charge on any atom is 0.238 e. The van der Waals surface area contributed by atoms with Crippen LogP contribution in [0.2, 0.25) is 0 Å². The molecular formula is C21H21N3O. The molecule has 4 nitrogen and oxygen atoms in total. The lowest BCUT2D eigenvalue weighted by molar-refractivity contribution is -0.117. The van der Waals surface area contributed by atoms with Crippen LogP contribution in [0.15, 0.2) is 60.8 Å². The molecule has 0 saturated carbocycles. The van der Waals surface area contributed by atoms with Crippen molar-refractivity contribution in [2.24, 2.45) is 0 Å². The van der Waals surface area contributed by atoms with Gasteiger partial charge in [0, 0.05) is 17.6 Å². The summed E-state index contributed by atoms with van der Waals surface area (Å²) in [6.45, 7) is 0.371. The molecule has 3 aromatic rings. The number of aromatic nitrogens is 1. The topological polar surface area (TPSA) is 45.2 Å². The molecule has 0 spiro atoms. The molecule has 1 aromatic heterocycles. The highest BCUT2D eigenvalue weighted by Gasteiger charge is 2.26. The number of rotatable bonds is 4. The van der Waals surface area contributed by atoms with Crippen LogP contribution in [0.25, 0.3) is 10.9 Å². The van der Waals surface area contributed by atoms with Crippen LogP contribution in [0.4, 0.5) is 5.69 Å². The van der Waals surface area contributed by atoms with Gasteiger partial charge in [-0.1, -0.05) is 30.3 Å². The van der Waals surface area contributed by atoms with Crippen molar-refractivity contribution in [1.29, 1.82) is 0 Å². The molecule has 4 heteroatoms. The predicted molar refractivity (Wildman–Crippen MR) is 101 cm³/mol. The van der Waals surface area contributed by atoms with Crippen molar-refractivity contribution < 1.29 is 4.79 Å². The Kier molecular flexibility index (Phi) is 4.20. The van der Waals surface area contributed by atoms with Gasteiger partial charge in [-0.2, -0.15) is 0 Å². The number of amides is 1. The van der Waals surface area contributed by atoms with Gasteiger partial charge in [-0.3, -0.25) is 14.7 Å². The van der Waals surface area contributed by atoms with Crippen LogP contribution in [-0.4, -0.2) is 29.4 Å². The summed E-state index contributed by atoms with van der Waals surface area (Å²) < 4.78 is 0. The number of anilines is 1. The first-order valence-corrected chi connectivity index (χ1v) is 8.64. The lowest BCUT2D eigenvalue weighted by Crippen LogP contribution is -2.32. The summed E-state index contributed by atoms with van der Waals surface area (Å²) in [7, 11) is 2.02. The van der Waals surface area contributed by atoms with Gasteiger partial charge in [-0.15, -0.1) is 0 Å². The van der Waals surface area contributed by atoms with Gasteiger partial charge in [0.05, 0.1) is 17.7 Å². The number of aryl methyl sites for hydroxylation is 1. The van der Waals surface area contributed by atoms with E-state index in [1.807, 2.05) is 37.4 Å². The SMILES string of the molecule is CN(CC(=O)Nc1cccc2ncccc12)[C@H]1CCc2ccccc21. The minimum Gasteiger partial charge on any atom is -0.324 e. The van der Waals surface area contributed by atoms with Crippen LogP contribution in [0, 0.1) is 0 Å². The first-order chi connectivity index (χ1) is 12.2. The molecule has 0 aliphatic heterocycles. The van der Waals surface area contributed by atoms with Crippen molar-refractivity contribution in [3.63, 3.8) is 0 Å². The van der Waals surface area contributed by atoms with Crippen molar-refractivity contribution in [3.05, 3.63) is 71.9 Å². The number of fused-ring (bicyclic) bond motifs is 2. The smallest absolute Gasteiger partial charge is 0.238 e. The van der Waals surface area contributed by atoms with E-state index in [0.717, 1.165) is 29.4 Å². The summed E-state index contributed by atoms with van der Waals surface area (Å²) in [6, 6.07) is 18.5. The average molecular weight is 331 g/mol. The second-order valence-electron chi connectivity index (χ2n) is 6.59. The monoisotopic (exact) mass is 331 g/mol. The van der Waals surface area contributed by atoms with Crippen LogP contribution >= 0.6 is 0 Å². The van der Waals surface area contributed by atoms with Gasteiger partial charge in [0.15, 0.2) is 0 Å². The molecule has 25 heavy (non-hydrogen) atoms. The second-order valence-corrected chi connectivity index (χ2v) is 6.59. The van der Waals surface area contributed by atoms with E-state index in [1.54, 1.807) is 6.20 Å². The number of nitrogens with zero attached hydrogens (tertiary/aromatic N) is 2. The Morgan fingerprint density at radius 2 is 2.04 bits per heavy atom. The van der Waals surface area contributed by atoms with Gasteiger partial charge < -0.3 is 5.32 Å². The van der Waals surface area contributed by atoms with Gasteiger partial charge in [-0.05, 0) is 55.3 Å². The Morgan fingerprint density at radius 1 is 1.16 bits per heavy atom. The molecule has 2 aromatic carbocycles. The van der Waals surface area contributed by atoms with E-state index in [1.165, 1.54) is 11.1 Å². The second kappa shape index (κ2) is 6.65. The zero-order chi connectivity index (χ0) is 17.2. The third-order valence-corrected chi connectivity index (χ3v) is 4.95. The van der Waals surface area contributed by atoms with Crippen LogP contribution in [0.3, 0.4) is 0 Å². The number of pyridine rings is 1. The Balaban J connectivity index is 1.47. The number of hydrogen-bond donors (Lipinski definition) is 1. The van der Waals surface area contributed by atoms with Crippen molar-refractivity contribution >= 4 is 22.5 Å². The third kappa shape index (κ3) is 3.13. The highest BCUT2D eigenvalue weighted by atomic mass is 16.2. The van der Waals surface area contributed by atoms with E-state index in [0.29, 0.717) is 12.6 Å². The molecule has 126 valence electrons. The minimum absolute atomic E-state index is 0.00299. The summed E-state index contributed by atoms with van der Waals surface area (Å²) in [6.07, 6.45) is 3.92. The van der Waals surface area contributed by atoms with Crippen molar-refractivity contribution in [3.8, 4) is 0 Å². The molecular weight excluding hydrogens is 310 g/mol. The van der Waals surface area contributed by atoms with E-state index in [4.69, 9.17) is 0 Å². The van der Waals surface area contributed by atoms with Crippen LogP contribution in [0.5, 0.6) is 0 Å². The van der Waals surface area contributed by atoms with Gasteiger partial charge in [0.25, 0.3) is 0 Å². The fourth-order valence-electron chi connectivity index (χ4n) is 3.73. The number of nitrogens with one attached hydrogen (secondary N) is 1.